The van der Waals surface area contributed by atoms with Gasteiger partial charge in [0.1, 0.15) is 17.6 Å². The SMILES string of the molecule is CCOC(=O)C(C(C)=O)C(C(=C(O)O)[N+](=O)[O-])c1cccc2ccccc12. The van der Waals surface area contributed by atoms with Crippen LogP contribution >= 0.6 is 0 Å². The Morgan fingerprint density at radius 2 is 1.78 bits per heavy atom. The molecule has 0 aliphatic carbocycles. The molecule has 0 saturated carbocycles. The Kier molecular flexibility index (Phi) is 6.12. The predicted molar refractivity (Wildman–Crippen MR) is 96.8 cm³/mol. The van der Waals surface area contributed by atoms with Crippen LogP contribution in [0.5, 0.6) is 0 Å². The highest BCUT2D eigenvalue weighted by atomic mass is 16.6. The maximum atomic E-state index is 12.4. The van der Waals surface area contributed by atoms with Crippen molar-refractivity contribution in [1.82, 2.24) is 0 Å². The fourth-order valence-corrected chi connectivity index (χ4v) is 3.11. The normalized spacial score (nSPS) is 12.8. The average Bonchev–Trinajstić information content (AvgIpc) is 2.60. The number of nitro groups is 1. The number of ether oxygens (including phenoxy) is 1. The molecule has 0 spiro atoms. The Balaban J connectivity index is 2.84. The van der Waals surface area contributed by atoms with Crippen molar-refractivity contribution >= 4 is 22.5 Å². The minimum atomic E-state index is -1.61. The molecular formula is C19H19NO7. The highest BCUT2D eigenvalue weighted by Crippen LogP contribution is 2.38. The van der Waals surface area contributed by atoms with Crippen molar-refractivity contribution in [3.8, 4) is 0 Å². The van der Waals surface area contributed by atoms with Gasteiger partial charge >= 0.3 is 17.6 Å². The maximum Gasteiger partial charge on any atom is 0.351 e. The summed E-state index contributed by atoms with van der Waals surface area (Å²) in [4.78, 5) is 35.2. The largest absolute Gasteiger partial charge is 0.476 e. The standard InChI is InChI=1S/C19H19NO7/c1-3-27-19(24)15(11(2)21)16(17(18(22)23)20(25)26)14-10-6-8-12-7-4-5-9-13(12)14/h4-10,15-16,22-23H,3H2,1-2H3. The molecule has 0 amide bonds. The summed E-state index contributed by atoms with van der Waals surface area (Å²) in [6.45, 7) is 2.61. The monoisotopic (exact) mass is 373 g/mol. The van der Waals surface area contributed by atoms with Crippen molar-refractivity contribution in [3.63, 3.8) is 0 Å². The van der Waals surface area contributed by atoms with E-state index >= 15 is 0 Å². The first-order chi connectivity index (χ1) is 12.8. The molecule has 0 aromatic heterocycles. The molecule has 0 bridgehead atoms. The second-order valence-electron chi connectivity index (χ2n) is 5.85. The quantitative estimate of drug-likeness (QED) is 0.251. The van der Waals surface area contributed by atoms with Gasteiger partial charge in [-0.1, -0.05) is 42.5 Å². The van der Waals surface area contributed by atoms with Gasteiger partial charge in [-0.3, -0.25) is 19.7 Å². The van der Waals surface area contributed by atoms with Crippen molar-refractivity contribution in [2.75, 3.05) is 6.61 Å². The van der Waals surface area contributed by atoms with Gasteiger partial charge in [0.25, 0.3) is 0 Å². The Labute approximate surface area is 154 Å². The number of carbonyl (C=O) groups excluding carboxylic acids is 2. The van der Waals surface area contributed by atoms with Crippen LogP contribution in [0.15, 0.2) is 54.1 Å². The molecule has 0 aliphatic heterocycles. The number of allylic oxidation sites excluding steroid dienone is 1. The molecule has 2 atom stereocenters. The minimum absolute atomic E-state index is 0.0342. The molecule has 8 heteroatoms. The summed E-state index contributed by atoms with van der Waals surface area (Å²) in [5.41, 5.74) is -0.798. The Hall–Kier alpha value is -3.42. The van der Waals surface area contributed by atoms with E-state index in [1.54, 1.807) is 36.4 Å². The number of fused-ring (bicyclic) bond motifs is 1. The predicted octanol–water partition coefficient (Wildman–Crippen LogP) is 3.25. The van der Waals surface area contributed by atoms with E-state index in [-0.39, 0.29) is 12.2 Å². The van der Waals surface area contributed by atoms with Crippen molar-refractivity contribution < 1.29 is 29.5 Å². The van der Waals surface area contributed by atoms with Crippen molar-refractivity contribution in [3.05, 3.63) is 69.8 Å². The molecule has 2 aromatic rings. The number of esters is 1. The van der Waals surface area contributed by atoms with Crippen molar-refractivity contribution in [2.24, 2.45) is 5.92 Å². The second-order valence-corrected chi connectivity index (χ2v) is 5.85. The molecule has 2 unspecified atom stereocenters. The van der Waals surface area contributed by atoms with E-state index in [4.69, 9.17) is 4.74 Å². The third kappa shape index (κ3) is 4.05. The van der Waals surface area contributed by atoms with Gasteiger partial charge in [-0.15, -0.1) is 0 Å². The summed E-state index contributed by atoms with van der Waals surface area (Å²) in [5, 5.41) is 31.9. The fraction of sp³-hybridized carbons (Fsp3) is 0.263. The number of rotatable bonds is 7. The molecule has 8 nitrogen and oxygen atoms in total. The number of ketones is 1. The molecule has 2 aromatic carbocycles. The Bertz CT molecular complexity index is 910. The van der Waals surface area contributed by atoms with Gasteiger partial charge in [-0.05, 0) is 30.2 Å². The maximum absolute atomic E-state index is 12.4. The average molecular weight is 373 g/mol. The molecule has 0 fully saturated rings. The number of carbonyl (C=O) groups is 2. The molecule has 2 N–H and O–H groups in total. The molecule has 0 radical (unpaired) electrons. The van der Waals surface area contributed by atoms with Gasteiger partial charge in [0.05, 0.1) is 11.5 Å². The lowest BCUT2D eigenvalue weighted by molar-refractivity contribution is -0.436. The number of Topliss-reactive ketones (excluding diaryl/α,β-unsaturated/α-hetero) is 1. The van der Waals surface area contributed by atoms with Crippen LogP contribution in [0.1, 0.15) is 25.3 Å². The molecule has 0 heterocycles. The first-order valence-electron chi connectivity index (χ1n) is 8.20. The summed E-state index contributed by atoms with van der Waals surface area (Å²) in [5.74, 6) is -6.36. The van der Waals surface area contributed by atoms with Crippen LogP contribution in [0.2, 0.25) is 0 Å². The van der Waals surface area contributed by atoms with E-state index in [0.717, 1.165) is 6.92 Å². The summed E-state index contributed by atoms with van der Waals surface area (Å²) in [6.07, 6.45) is 0. The van der Waals surface area contributed by atoms with Crippen LogP contribution in [0, 0.1) is 16.0 Å². The van der Waals surface area contributed by atoms with Gasteiger partial charge < -0.3 is 14.9 Å². The van der Waals surface area contributed by atoms with Crippen LogP contribution in [-0.2, 0) is 14.3 Å². The van der Waals surface area contributed by atoms with Crippen LogP contribution < -0.4 is 0 Å². The lowest BCUT2D eigenvalue weighted by Crippen LogP contribution is -2.34. The van der Waals surface area contributed by atoms with Gasteiger partial charge in [0.2, 0.25) is 0 Å². The number of benzene rings is 2. The Morgan fingerprint density at radius 3 is 2.33 bits per heavy atom. The van der Waals surface area contributed by atoms with Gasteiger partial charge in [0, 0.05) is 0 Å². The zero-order chi connectivity index (χ0) is 20.1. The minimum Gasteiger partial charge on any atom is -0.476 e. The summed E-state index contributed by atoms with van der Waals surface area (Å²) < 4.78 is 4.92. The zero-order valence-corrected chi connectivity index (χ0v) is 14.8. The van der Waals surface area contributed by atoms with Gasteiger partial charge in [-0.25, -0.2) is 0 Å². The molecule has 142 valence electrons. The van der Waals surface area contributed by atoms with Crippen molar-refractivity contribution in [1.29, 1.82) is 0 Å². The number of aliphatic hydroxyl groups is 2. The topological polar surface area (TPSA) is 127 Å². The van der Waals surface area contributed by atoms with E-state index in [1.807, 2.05) is 0 Å². The van der Waals surface area contributed by atoms with Gasteiger partial charge in [-0.2, -0.15) is 0 Å². The third-order valence-electron chi connectivity index (χ3n) is 4.19. The molecule has 0 aliphatic rings. The third-order valence-corrected chi connectivity index (χ3v) is 4.19. The van der Waals surface area contributed by atoms with Crippen LogP contribution in [-0.4, -0.2) is 33.5 Å². The number of aliphatic hydroxyl groups excluding tert-OH is 1. The number of hydrogen-bond donors (Lipinski definition) is 2. The highest BCUT2D eigenvalue weighted by Gasteiger charge is 2.45. The van der Waals surface area contributed by atoms with Crippen molar-refractivity contribution in [2.45, 2.75) is 19.8 Å². The smallest absolute Gasteiger partial charge is 0.351 e. The summed E-state index contributed by atoms with van der Waals surface area (Å²) in [7, 11) is 0. The Morgan fingerprint density at radius 1 is 1.15 bits per heavy atom. The summed E-state index contributed by atoms with van der Waals surface area (Å²) >= 11 is 0. The fourth-order valence-electron chi connectivity index (χ4n) is 3.11. The van der Waals surface area contributed by atoms with E-state index in [1.165, 1.54) is 13.0 Å². The zero-order valence-electron chi connectivity index (χ0n) is 14.8. The van der Waals surface area contributed by atoms with Crippen LogP contribution in [0.4, 0.5) is 0 Å². The van der Waals surface area contributed by atoms with E-state index in [9.17, 15) is 29.9 Å². The van der Waals surface area contributed by atoms with E-state index < -0.39 is 40.2 Å². The van der Waals surface area contributed by atoms with Crippen LogP contribution in [0.3, 0.4) is 0 Å². The number of nitrogens with zero attached hydrogens (tertiary/aromatic N) is 1. The number of hydrogen-bond acceptors (Lipinski definition) is 7. The first kappa shape index (κ1) is 19.9. The molecule has 2 rings (SSSR count). The lowest BCUT2D eigenvalue weighted by atomic mass is 9.79. The summed E-state index contributed by atoms with van der Waals surface area (Å²) in [6, 6.07) is 11.8. The second kappa shape index (κ2) is 8.31. The lowest BCUT2D eigenvalue weighted by Gasteiger charge is -2.23. The van der Waals surface area contributed by atoms with E-state index in [2.05, 4.69) is 0 Å². The molecule has 0 saturated heterocycles. The molecule has 27 heavy (non-hydrogen) atoms. The highest BCUT2D eigenvalue weighted by molar-refractivity contribution is 6.00. The molecular weight excluding hydrogens is 354 g/mol. The van der Waals surface area contributed by atoms with Crippen LogP contribution in [0.25, 0.3) is 10.8 Å². The van der Waals surface area contributed by atoms with E-state index in [0.29, 0.717) is 10.8 Å². The van der Waals surface area contributed by atoms with Gasteiger partial charge in [0.15, 0.2) is 0 Å². The first-order valence-corrected chi connectivity index (χ1v) is 8.20.